The van der Waals surface area contributed by atoms with Gasteiger partial charge in [-0.1, -0.05) is 12.1 Å². The van der Waals surface area contributed by atoms with Crippen molar-refractivity contribution in [2.24, 2.45) is 0 Å². The maximum Gasteiger partial charge on any atom is 0.337 e. The number of carbonyl (C=O) groups is 2. The van der Waals surface area contributed by atoms with E-state index in [0.717, 1.165) is 31.4 Å². The fourth-order valence-electron chi connectivity index (χ4n) is 3.84. The maximum atomic E-state index is 12.4. The van der Waals surface area contributed by atoms with Gasteiger partial charge in [-0.15, -0.1) is 0 Å². The van der Waals surface area contributed by atoms with Crippen LogP contribution >= 0.6 is 0 Å². The Bertz CT molecular complexity index is 1000. The predicted molar refractivity (Wildman–Crippen MR) is 111 cm³/mol. The van der Waals surface area contributed by atoms with Crippen molar-refractivity contribution < 1.29 is 14.3 Å². The minimum Gasteiger partial charge on any atom is -0.465 e. The zero-order valence-electron chi connectivity index (χ0n) is 16.4. The largest absolute Gasteiger partial charge is 0.465 e. The Balaban J connectivity index is 1.29. The minimum absolute atomic E-state index is 0.0534. The molecule has 4 rings (SSSR count). The van der Waals surface area contributed by atoms with Crippen LogP contribution in [-0.2, 0) is 9.53 Å². The Kier molecular flexibility index (Phi) is 5.57. The van der Waals surface area contributed by atoms with Crippen molar-refractivity contribution in [2.75, 3.05) is 32.1 Å². The summed E-state index contributed by atoms with van der Waals surface area (Å²) < 4.78 is 6.94. The molecular formula is C22H24N4O3. The molecular weight excluding hydrogens is 368 g/mol. The number of rotatable bonds is 5. The lowest BCUT2D eigenvalue weighted by Crippen LogP contribution is -2.39. The number of carbonyl (C=O) groups excluding carboxylic acids is 2. The third kappa shape index (κ3) is 4.30. The topological polar surface area (TPSA) is 76.5 Å². The molecule has 1 amide bonds. The lowest BCUT2D eigenvalue weighted by Gasteiger charge is -2.32. The number of nitrogens with zero attached hydrogens (tertiary/aromatic N) is 3. The second kappa shape index (κ2) is 8.45. The highest BCUT2D eigenvalue weighted by atomic mass is 16.5. The minimum atomic E-state index is -0.392. The molecule has 0 saturated carbocycles. The Hall–Kier alpha value is -3.19. The first kappa shape index (κ1) is 19.1. The van der Waals surface area contributed by atoms with Crippen molar-refractivity contribution in [3.8, 4) is 0 Å². The molecule has 2 aromatic carbocycles. The van der Waals surface area contributed by atoms with E-state index in [2.05, 4.69) is 30.6 Å². The summed E-state index contributed by atoms with van der Waals surface area (Å²) in [6, 6.07) is 15.3. The van der Waals surface area contributed by atoms with Gasteiger partial charge in [-0.05, 0) is 49.2 Å². The van der Waals surface area contributed by atoms with Crippen LogP contribution < -0.4 is 5.32 Å². The number of esters is 1. The van der Waals surface area contributed by atoms with Crippen LogP contribution in [0.5, 0.6) is 0 Å². The molecule has 0 aliphatic carbocycles. The van der Waals surface area contributed by atoms with E-state index in [-0.39, 0.29) is 5.91 Å². The van der Waals surface area contributed by atoms with Crippen molar-refractivity contribution in [1.82, 2.24) is 14.5 Å². The molecule has 1 aliphatic heterocycles. The van der Waals surface area contributed by atoms with E-state index in [1.165, 1.54) is 12.6 Å². The average Bonchev–Trinajstić information content (AvgIpc) is 3.18. The van der Waals surface area contributed by atoms with Gasteiger partial charge >= 0.3 is 5.97 Å². The second-order valence-electron chi connectivity index (χ2n) is 7.26. The lowest BCUT2D eigenvalue weighted by atomic mass is 10.0. The highest BCUT2D eigenvalue weighted by Crippen LogP contribution is 2.26. The fraction of sp³-hybridized carbons (Fsp3) is 0.318. The number of ether oxygens (including phenoxy) is 1. The van der Waals surface area contributed by atoms with Crippen molar-refractivity contribution in [3.63, 3.8) is 0 Å². The quantitative estimate of drug-likeness (QED) is 0.675. The standard InChI is InChI=1S/C22H24N4O3/c1-29-22(28)16-6-8-17(9-7-16)24-21(27)14-25-12-10-18(11-13-25)26-15-23-19-4-2-3-5-20(19)26/h2-9,15,18H,10-14H2,1H3,(H,24,27). The van der Waals surface area contributed by atoms with Crippen LogP contribution in [-0.4, -0.2) is 53.1 Å². The number of anilines is 1. The Labute approximate surface area is 169 Å². The van der Waals surface area contributed by atoms with Crippen LogP contribution in [0.3, 0.4) is 0 Å². The number of nitrogens with one attached hydrogen (secondary N) is 1. The smallest absolute Gasteiger partial charge is 0.337 e. The van der Waals surface area contributed by atoms with E-state index < -0.39 is 5.97 Å². The van der Waals surface area contributed by atoms with Crippen LogP contribution in [0, 0.1) is 0 Å². The molecule has 29 heavy (non-hydrogen) atoms. The molecule has 2 heterocycles. The number of amides is 1. The summed E-state index contributed by atoms with van der Waals surface area (Å²) in [4.78, 5) is 30.5. The molecule has 0 unspecified atom stereocenters. The summed E-state index contributed by atoms with van der Waals surface area (Å²) in [5, 5.41) is 2.89. The SMILES string of the molecule is COC(=O)c1ccc(NC(=O)CN2CCC(n3cnc4ccccc43)CC2)cc1. The Morgan fingerprint density at radius 2 is 1.83 bits per heavy atom. The van der Waals surface area contributed by atoms with Gasteiger partial charge in [0.2, 0.25) is 5.91 Å². The molecule has 1 saturated heterocycles. The number of imidazole rings is 1. The van der Waals surface area contributed by atoms with E-state index in [4.69, 9.17) is 0 Å². The third-order valence-corrected chi connectivity index (χ3v) is 5.39. The molecule has 0 atom stereocenters. The van der Waals surface area contributed by atoms with Crippen LogP contribution in [0.15, 0.2) is 54.9 Å². The van der Waals surface area contributed by atoms with E-state index in [1.54, 1.807) is 24.3 Å². The van der Waals surface area contributed by atoms with Gasteiger partial charge in [0.05, 0.1) is 36.6 Å². The predicted octanol–water partition coefficient (Wildman–Crippen LogP) is 3.10. The van der Waals surface area contributed by atoms with Gasteiger partial charge in [0.25, 0.3) is 0 Å². The number of para-hydroxylation sites is 2. The number of methoxy groups -OCH3 is 1. The molecule has 1 fully saturated rings. The number of aromatic nitrogens is 2. The molecule has 7 nitrogen and oxygen atoms in total. The highest BCUT2D eigenvalue weighted by molar-refractivity contribution is 5.94. The molecule has 7 heteroatoms. The molecule has 1 aliphatic rings. The van der Waals surface area contributed by atoms with Crippen LogP contribution in [0.2, 0.25) is 0 Å². The maximum absolute atomic E-state index is 12.4. The second-order valence-corrected chi connectivity index (χ2v) is 7.26. The fourth-order valence-corrected chi connectivity index (χ4v) is 3.84. The normalized spacial score (nSPS) is 15.3. The summed E-state index contributed by atoms with van der Waals surface area (Å²) >= 11 is 0. The van der Waals surface area contributed by atoms with Crippen molar-refractivity contribution in [3.05, 3.63) is 60.4 Å². The molecule has 1 aromatic heterocycles. The number of hydrogen-bond donors (Lipinski definition) is 1. The number of benzene rings is 2. The molecule has 150 valence electrons. The molecule has 0 bridgehead atoms. The van der Waals surface area contributed by atoms with Crippen LogP contribution in [0.25, 0.3) is 11.0 Å². The summed E-state index contributed by atoms with van der Waals surface area (Å²) in [5.74, 6) is -0.446. The first-order valence-electron chi connectivity index (χ1n) is 9.76. The van der Waals surface area contributed by atoms with E-state index >= 15 is 0 Å². The Morgan fingerprint density at radius 1 is 1.10 bits per heavy atom. The summed E-state index contributed by atoms with van der Waals surface area (Å²) in [6.45, 7) is 2.09. The van der Waals surface area contributed by atoms with Gasteiger partial charge in [0.1, 0.15) is 0 Å². The first-order valence-corrected chi connectivity index (χ1v) is 9.76. The van der Waals surface area contributed by atoms with Gasteiger partial charge < -0.3 is 14.6 Å². The van der Waals surface area contributed by atoms with Gasteiger partial charge in [-0.25, -0.2) is 9.78 Å². The first-order chi connectivity index (χ1) is 14.1. The third-order valence-electron chi connectivity index (χ3n) is 5.39. The average molecular weight is 392 g/mol. The van der Waals surface area contributed by atoms with E-state index in [9.17, 15) is 9.59 Å². The summed E-state index contributed by atoms with van der Waals surface area (Å²) in [5.41, 5.74) is 3.31. The number of piperidine rings is 1. The molecule has 3 aromatic rings. The number of hydrogen-bond acceptors (Lipinski definition) is 5. The van der Waals surface area contributed by atoms with E-state index in [0.29, 0.717) is 23.8 Å². The van der Waals surface area contributed by atoms with Crippen LogP contribution in [0.1, 0.15) is 29.2 Å². The van der Waals surface area contributed by atoms with Gasteiger partial charge in [-0.2, -0.15) is 0 Å². The van der Waals surface area contributed by atoms with Gasteiger partial charge in [-0.3, -0.25) is 9.69 Å². The van der Waals surface area contributed by atoms with Crippen molar-refractivity contribution in [1.29, 1.82) is 0 Å². The highest BCUT2D eigenvalue weighted by Gasteiger charge is 2.23. The van der Waals surface area contributed by atoms with Crippen LogP contribution in [0.4, 0.5) is 5.69 Å². The summed E-state index contributed by atoms with van der Waals surface area (Å²) in [6.07, 6.45) is 3.90. The summed E-state index contributed by atoms with van der Waals surface area (Å²) in [7, 11) is 1.34. The van der Waals surface area contributed by atoms with Gasteiger partial charge in [0.15, 0.2) is 0 Å². The Morgan fingerprint density at radius 3 is 2.55 bits per heavy atom. The zero-order valence-corrected chi connectivity index (χ0v) is 16.4. The lowest BCUT2D eigenvalue weighted by molar-refractivity contribution is -0.117. The zero-order chi connectivity index (χ0) is 20.2. The van der Waals surface area contributed by atoms with Gasteiger partial charge in [0, 0.05) is 24.8 Å². The number of likely N-dealkylation sites (tertiary alicyclic amines) is 1. The van der Waals surface area contributed by atoms with E-state index in [1.807, 2.05) is 24.5 Å². The number of fused-ring (bicyclic) bond motifs is 1. The molecule has 1 N–H and O–H groups in total. The van der Waals surface area contributed by atoms with Crippen molar-refractivity contribution in [2.45, 2.75) is 18.9 Å². The molecule has 0 radical (unpaired) electrons. The monoisotopic (exact) mass is 392 g/mol. The van der Waals surface area contributed by atoms with Crippen molar-refractivity contribution >= 4 is 28.6 Å². The molecule has 0 spiro atoms.